The Morgan fingerprint density at radius 1 is 1.33 bits per heavy atom. The Morgan fingerprint density at radius 2 is 1.96 bits per heavy atom. The lowest BCUT2D eigenvalue weighted by atomic mass is 10.1. The first-order valence-electron chi connectivity index (χ1n) is 7.28. The van der Waals surface area contributed by atoms with Crippen LogP contribution in [0, 0.1) is 6.92 Å². The normalized spacial score (nSPS) is 12.9. The highest BCUT2D eigenvalue weighted by Crippen LogP contribution is 2.33. The molecule has 4 nitrogen and oxygen atoms in total. The lowest BCUT2D eigenvalue weighted by Crippen LogP contribution is -2.34. The topological polar surface area (TPSA) is 65.2 Å². The van der Waals surface area contributed by atoms with Crippen LogP contribution in [-0.2, 0) is 22.1 Å². The zero-order valence-corrected chi connectivity index (χ0v) is 14.0. The van der Waals surface area contributed by atoms with Crippen LogP contribution in [0.15, 0.2) is 24.3 Å². The van der Waals surface area contributed by atoms with E-state index < -0.39 is 23.8 Å². The minimum atomic E-state index is -4.37. The Hall–Kier alpha value is -1.93. The third kappa shape index (κ3) is 4.33. The van der Waals surface area contributed by atoms with E-state index in [1.54, 1.807) is 13.8 Å². The summed E-state index contributed by atoms with van der Waals surface area (Å²) < 4.78 is 42.7. The van der Waals surface area contributed by atoms with Crippen molar-refractivity contribution in [3.05, 3.63) is 40.4 Å². The van der Waals surface area contributed by atoms with Crippen LogP contribution in [0.3, 0.4) is 0 Å². The summed E-state index contributed by atoms with van der Waals surface area (Å²) in [4.78, 5) is 16.8. The molecule has 0 spiro atoms. The van der Waals surface area contributed by atoms with Gasteiger partial charge in [0.25, 0.3) is 0 Å². The molecule has 1 unspecified atom stereocenters. The van der Waals surface area contributed by atoms with Gasteiger partial charge in [0, 0.05) is 16.9 Å². The van der Waals surface area contributed by atoms with E-state index in [0.717, 1.165) is 17.0 Å². The molecule has 0 fully saturated rings. The molecule has 0 saturated heterocycles. The number of hydrogen-bond acceptors (Lipinski definition) is 5. The first-order valence-corrected chi connectivity index (χ1v) is 8.10. The highest BCUT2D eigenvalue weighted by Gasteiger charge is 2.30. The Labute approximate surface area is 141 Å². The number of benzene rings is 1. The number of carbonyl (C=O) groups is 1. The van der Waals surface area contributed by atoms with Crippen molar-refractivity contribution in [2.75, 3.05) is 6.61 Å². The molecule has 0 bridgehead atoms. The molecule has 2 N–H and O–H groups in total. The van der Waals surface area contributed by atoms with E-state index in [9.17, 15) is 18.0 Å². The molecule has 2 rings (SSSR count). The lowest BCUT2D eigenvalue weighted by Gasteiger charge is -2.09. The van der Waals surface area contributed by atoms with Crippen molar-refractivity contribution in [3.63, 3.8) is 0 Å². The second-order valence-corrected chi connectivity index (χ2v) is 6.25. The molecular weight excluding hydrogens is 341 g/mol. The van der Waals surface area contributed by atoms with Gasteiger partial charge in [0.2, 0.25) is 0 Å². The maximum Gasteiger partial charge on any atom is 0.416 e. The average molecular weight is 358 g/mol. The number of nitrogens with two attached hydrogens (primary N) is 1. The number of aromatic nitrogens is 1. The van der Waals surface area contributed by atoms with Gasteiger partial charge in [0.05, 0.1) is 17.9 Å². The third-order valence-corrected chi connectivity index (χ3v) is 4.58. The molecule has 0 aliphatic rings. The van der Waals surface area contributed by atoms with Gasteiger partial charge in [-0.25, -0.2) is 4.98 Å². The zero-order chi connectivity index (χ0) is 17.9. The minimum absolute atomic E-state index is 0.255. The van der Waals surface area contributed by atoms with E-state index in [4.69, 9.17) is 10.5 Å². The predicted molar refractivity (Wildman–Crippen MR) is 85.6 cm³/mol. The molecule has 0 amide bonds. The van der Waals surface area contributed by atoms with Gasteiger partial charge in [-0.1, -0.05) is 12.1 Å². The highest BCUT2D eigenvalue weighted by molar-refractivity contribution is 7.15. The van der Waals surface area contributed by atoms with Crippen LogP contribution in [0.5, 0.6) is 0 Å². The average Bonchev–Trinajstić information content (AvgIpc) is 2.88. The number of halogens is 3. The van der Waals surface area contributed by atoms with Crippen LogP contribution in [0.1, 0.15) is 23.1 Å². The number of thiazole rings is 1. The summed E-state index contributed by atoms with van der Waals surface area (Å²) in [7, 11) is 0. The molecule has 0 radical (unpaired) electrons. The summed E-state index contributed by atoms with van der Waals surface area (Å²) in [5.41, 5.74) is 6.39. The molecule has 0 aliphatic heterocycles. The molecule has 24 heavy (non-hydrogen) atoms. The number of nitrogens with zero attached hydrogens (tertiary/aromatic N) is 1. The number of hydrogen-bond donors (Lipinski definition) is 1. The smallest absolute Gasteiger partial charge is 0.416 e. The van der Waals surface area contributed by atoms with Crippen LogP contribution >= 0.6 is 11.3 Å². The van der Waals surface area contributed by atoms with Crippen molar-refractivity contribution >= 4 is 17.3 Å². The SMILES string of the molecule is CCOC(=O)C(N)Cc1sc(-c2ccc(C(F)(F)F)cc2)nc1C. The second kappa shape index (κ2) is 7.31. The second-order valence-electron chi connectivity index (χ2n) is 5.17. The molecule has 1 atom stereocenters. The van der Waals surface area contributed by atoms with E-state index in [-0.39, 0.29) is 13.0 Å². The highest BCUT2D eigenvalue weighted by atomic mass is 32.1. The van der Waals surface area contributed by atoms with Gasteiger partial charge in [0.15, 0.2) is 0 Å². The molecule has 0 saturated carbocycles. The molecule has 8 heteroatoms. The van der Waals surface area contributed by atoms with E-state index in [1.807, 2.05) is 0 Å². The Morgan fingerprint density at radius 3 is 2.50 bits per heavy atom. The largest absolute Gasteiger partial charge is 0.465 e. The predicted octanol–water partition coefficient (Wildman–Crippen LogP) is 3.57. The minimum Gasteiger partial charge on any atom is -0.465 e. The fourth-order valence-electron chi connectivity index (χ4n) is 2.08. The molecule has 1 aromatic carbocycles. The van der Waals surface area contributed by atoms with Gasteiger partial charge >= 0.3 is 12.1 Å². The third-order valence-electron chi connectivity index (χ3n) is 3.35. The van der Waals surface area contributed by atoms with Gasteiger partial charge in [-0.05, 0) is 26.0 Å². The van der Waals surface area contributed by atoms with Gasteiger partial charge in [-0.15, -0.1) is 11.3 Å². The van der Waals surface area contributed by atoms with Crippen LogP contribution in [0.4, 0.5) is 13.2 Å². The van der Waals surface area contributed by atoms with Crippen molar-refractivity contribution in [1.82, 2.24) is 4.98 Å². The van der Waals surface area contributed by atoms with E-state index >= 15 is 0 Å². The number of rotatable bonds is 5. The standard InChI is InChI=1S/C16H17F3N2O2S/c1-3-23-15(22)12(20)8-13-9(2)21-14(24-13)10-4-6-11(7-5-10)16(17,18)19/h4-7,12H,3,8,20H2,1-2H3. The molecule has 2 aromatic rings. The molecular formula is C16H17F3N2O2S. The maximum atomic E-state index is 12.6. The summed E-state index contributed by atoms with van der Waals surface area (Å²) in [6.07, 6.45) is -4.09. The number of ether oxygens (including phenoxy) is 1. The van der Waals surface area contributed by atoms with Crippen molar-refractivity contribution < 1.29 is 22.7 Å². The monoisotopic (exact) mass is 358 g/mol. The van der Waals surface area contributed by atoms with Crippen LogP contribution in [0.2, 0.25) is 0 Å². The Kier molecular flexibility index (Phi) is 5.61. The summed E-state index contributed by atoms with van der Waals surface area (Å²) in [6.45, 7) is 3.73. The number of aryl methyl sites for hydroxylation is 1. The van der Waals surface area contributed by atoms with Crippen LogP contribution < -0.4 is 5.73 Å². The van der Waals surface area contributed by atoms with Crippen molar-refractivity contribution in [2.45, 2.75) is 32.5 Å². The zero-order valence-electron chi connectivity index (χ0n) is 13.2. The number of esters is 1. The first-order chi connectivity index (χ1) is 11.2. The van der Waals surface area contributed by atoms with E-state index in [2.05, 4.69) is 4.98 Å². The van der Waals surface area contributed by atoms with Crippen molar-refractivity contribution in [2.24, 2.45) is 5.73 Å². The van der Waals surface area contributed by atoms with Gasteiger partial charge < -0.3 is 10.5 Å². The van der Waals surface area contributed by atoms with Gasteiger partial charge in [-0.3, -0.25) is 4.79 Å². The Balaban J connectivity index is 2.18. The molecule has 1 aromatic heterocycles. The summed E-state index contributed by atoms with van der Waals surface area (Å²) in [6, 6.07) is 4.03. The molecule has 130 valence electrons. The quantitative estimate of drug-likeness (QED) is 0.830. The summed E-state index contributed by atoms with van der Waals surface area (Å²) >= 11 is 1.31. The van der Waals surface area contributed by atoms with Gasteiger partial charge in [-0.2, -0.15) is 13.2 Å². The van der Waals surface area contributed by atoms with Crippen molar-refractivity contribution in [3.8, 4) is 10.6 Å². The summed E-state index contributed by atoms with van der Waals surface area (Å²) in [5, 5.41) is 0.590. The maximum absolute atomic E-state index is 12.6. The van der Waals surface area contributed by atoms with Crippen LogP contribution in [0.25, 0.3) is 10.6 Å². The van der Waals surface area contributed by atoms with Gasteiger partial charge in [0.1, 0.15) is 11.0 Å². The molecule has 1 heterocycles. The fraction of sp³-hybridized carbons (Fsp3) is 0.375. The van der Waals surface area contributed by atoms with Crippen molar-refractivity contribution in [1.29, 1.82) is 0 Å². The lowest BCUT2D eigenvalue weighted by molar-refractivity contribution is -0.144. The van der Waals surface area contributed by atoms with E-state index in [1.165, 1.54) is 23.5 Å². The first kappa shape index (κ1) is 18.4. The Bertz CT molecular complexity index is 711. The van der Waals surface area contributed by atoms with Crippen LogP contribution in [-0.4, -0.2) is 23.6 Å². The van der Waals surface area contributed by atoms with E-state index in [0.29, 0.717) is 16.3 Å². The molecule has 0 aliphatic carbocycles. The fourth-order valence-corrected chi connectivity index (χ4v) is 3.20. The number of carbonyl (C=O) groups excluding carboxylic acids is 1. The number of alkyl halides is 3. The summed E-state index contributed by atoms with van der Waals surface area (Å²) in [5.74, 6) is -0.485.